The zero-order chi connectivity index (χ0) is 23.4. The molecule has 4 heteroatoms. The third-order valence-electron chi connectivity index (χ3n) is 6.62. The Kier molecular flexibility index (Phi) is 4.33. The smallest absolute Gasteiger partial charge is 0.0970 e. The van der Waals surface area contributed by atoms with Crippen molar-refractivity contribution in [3.8, 4) is 22.3 Å². The molecule has 0 radical (unpaired) electrons. The van der Waals surface area contributed by atoms with Crippen LogP contribution >= 0.6 is 0 Å². The minimum Gasteiger partial charge on any atom is -0.254 e. The molecular formula is C31H20N4. The van der Waals surface area contributed by atoms with Gasteiger partial charge in [-0.2, -0.15) is 0 Å². The maximum atomic E-state index is 4.70. The number of hydrogen-bond acceptors (Lipinski definition) is 4. The molecule has 4 nitrogen and oxygen atoms in total. The van der Waals surface area contributed by atoms with E-state index in [1.54, 1.807) is 0 Å². The number of benzene rings is 3. The fourth-order valence-corrected chi connectivity index (χ4v) is 5.13. The second-order valence-electron chi connectivity index (χ2n) is 8.89. The Bertz CT molecular complexity index is 1790. The first kappa shape index (κ1) is 19.7. The highest BCUT2D eigenvalue weighted by Crippen LogP contribution is 2.38. The molecule has 3 aromatic carbocycles. The van der Waals surface area contributed by atoms with Crippen LogP contribution in [0.4, 0.5) is 0 Å². The summed E-state index contributed by atoms with van der Waals surface area (Å²) in [5.74, 6) is 0. The summed E-state index contributed by atoms with van der Waals surface area (Å²) in [6.45, 7) is 2.15. The Morgan fingerprint density at radius 2 is 0.886 bits per heavy atom. The zero-order valence-electron chi connectivity index (χ0n) is 19.1. The number of pyridine rings is 4. The lowest BCUT2D eigenvalue weighted by molar-refractivity contribution is 1.37. The number of fused-ring (bicyclic) bond motifs is 6. The molecule has 7 aromatic rings. The van der Waals surface area contributed by atoms with Crippen molar-refractivity contribution in [3.63, 3.8) is 0 Å². The van der Waals surface area contributed by atoms with Gasteiger partial charge in [0, 0.05) is 46.3 Å². The van der Waals surface area contributed by atoms with Crippen molar-refractivity contribution in [3.05, 3.63) is 109 Å². The Morgan fingerprint density at radius 1 is 0.457 bits per heavy atom. The van der Waals surface area contributed by atoms with Gasteiger partial charge in [-0.1, -0.05) is 36.4 Å². The molecule has 4 aromatic heterocycles. The fourth-order valence-electron chi connectivity index (χ4n) is 5.13. The van der Waals surface area contributed by atoms with Crippen molar-refractivity contribution < 1.29 is 0 Å². The first-order chi connectivity index (χ1) is 17.3. The second-order valence-corrected chi connectivity index (χ2v) is 8.89. The highest BCUT2D eigenvalue weighted by Gasteiger charge is 2.14. The van der Waals surface area contributed by atoms with Gasteiger partial charge in [0.15, 0.2) is 0 Å². The summed E-state index contributed by atoms with van der Waals surface area (Å²) in [4.78, 5) is 18.6. The third kappa shape index (κ3) is 3.15. The van der Waals surface area contributed by atoms with Crippen LogP contribution < -0.4 is 0 Å². The Morgan fingerprint density at radius 3 is 1.37 bits per heavy atom. The van der Waals surface area contributed by atoms with Crippen molar-refractivity contribution >= 4 is 43.6 Å². The molecule has 0 N–H and O–H groups in total. The summed E-state index contributed by atoms with van der Waals surface area (Å²) in [5.41, 5.74) is 9.54. The topological polar surface area (TPSA) is 51.6 Å². The van der Waals surface area contributed by atoms with Gasteiger partial charge in [-0.05, 0) is 77.2 Å². The molecule has 0 saturated heterocycles. The van der Waals surface area contributed by atoms with E-state index in [1.165, 1.54) is 5.56 Å². The summed E-state index contributed by atoms with van der Waals surface area (Å²) < 4.78 is 0. The summed E-state index contributed by atoms with van der Waals surface area (Å²) in [6.07, 6.45) is 7.33. The van der Waals surface area contributed by atoms with E-state index in [-0.39, 0.29) is 0 Å². The first-order valence-electron chi connectivity index (χ1n) is 11.6. The van der Waals surface area contributed by atoms with Gasteiger partial charge in [0.2, 0.25) is 0 Å². The minimum atomic E-state index is 0.926. The van der Waals surface area contributed by atoms with Crippen LogP contribution in [-0.4, -0.2) is 19.9 Å². The number of aromatic nitrogens is 4. The van der Waals surface area contributed by atoms with Crippen LogP contribution in [0.2, 0.25) is 0 Å². The lowest BCUT2D eigenvalue weighted by atomic mass is 9.91. The van der Waals surface area contributed by atoms with E-state index < -0.39 is 0 Å². The molecule has 35 heavy (non-hydrogen) atoms. The molecule has 164 valence electrons. The van der Waals surface area contributed by atoms with Gasteiger partial charge in [0.1, 0.15) is 0 Å². The average Bonchev–Trinajstić information content (AvgIpc) is 2.92. The Labute approximate surface area is 202 Å². The fraction of sp³-hybridized carbons (Fsp3) is 0.0323. The van der Waals surface area contributed by atoms with E-state index in [0.717, 1.165) is 65.9 Å². The Balaban J connectivity index is 1.54. The highest BCUT2D eigenvalue weighted by atomic mass is 14.7. The van der Waals surface area contributed by atoms with Crippen LogP contribution in [0.25, 0.3) is 65.9 Å². The summed E-state index contributed by atoms with van der Waals surface area (Å²) >= 11 is 0. The predicted octanol–water partition coefficient (Wildman–Crippen LogP) is 7.52. The van der Waals surface area contributed by atoms with Crippen LogP contribution in [0.15, 0.2) is 104 Å². The van der Waals surface area contributed by atoms with Gasteiger partial charge in [-0.15, -0.1) is 0 Å². The van der Waals surface area contributed by atoms with E-state index in [4.69, 9.17) is 9.97 Å². The predicted molar refractivity (Wildman–Crippen MR) is 143 cm³/mol. The molecular weight excluding hydrogens is 428 g/mol. The quantitative estimate of drug-likeness (QED) is 0.257. The summed E-state index contributed by atoms with van der Waals surface area (Å²) in [7, 11) is 0. The largest absolute Gasteiger partial charge is 0.254 e. The van der Waals surface area contributed by atoms with Crippen molar-refractivity contribution in [1.29, 1.82) is 0 Å². The molecule has 0 aliphatic heterocycles. The minimum absolute atomic E-state index is 0.926. The number of rotatable bonds is 2. The van der Waals surface area contributed by atoms with Crippen LogP contribution in [0.5, 0.6) is 0 Å². The Hall–Kier alpha value is -4.70. The van der Waals surface area contributed by atoms with Crippen LogP contribution in [0, 0.1) is 6.92 Å². The molecule has 7 rings (SSSR count). The molecule has 0 spiro atoms. The number of hydrogen-bond donors (Lipinski definition) is 0. The highest BCUT2D eigenvalue weighted by molar-refractivity contribution is 6.12. The zero-order valence-corrected chi connectivity index (χ0v) is 19.1. The summed E-state index contributed by atoms with van der Waals surface area (Å²) in [6, 6.07) is 27.6. The summed E-state index contributed by atoms with van der Waals surface area (Å²) in [5, 5.41) is 4.38. The van der Waals surface area contributed by atoms with E-state index >= 15 is 0 Å². The van der Waals surface area contributed by atoms with Crippen LogP contribution in [-0.2, 0) is 0 Å². The average molecular weight is 449 g/mol. The maximum Gasteiger partial charge on any atom is 0.0970 e. The molecule has 0 unspecified atom stereocenters. The van der Waals surface area contributed by atoms with Crippen molar-refractivity contribution in [2.45, 2.75) is 6.92 Å². The van der Waals surface area contributed by atoms with Gasteiger partial charge in [-0.3, -0.25) is 19.9 Å². The molecule has 0 fully saturated rings. The second kappa shape index (κ2) is 7.67. The lowest BCUT2D eigenvalue weighted by Crippen LogP contribution is -1.92. The van der Waals surface area contributed by atoms with Crippen LogP contribution in [0.1, 0.15) is 5.56 Å². The van der Waals surface area contributed by atoms with Gasteiger partial charge in [0.25, 0.3) is 0 Å². The van der Waals surface area contributed by atoms with E-state index in [9.17, 15) is 0 Å². The van der Waals surface area contributed by atoms with Crippen molar-refractivity contribution in [2.75, 3.05) is 0 Å². The van der Waals surface area contributed by atoms with Crippen LogP contribution in [0.3, 0.4) is 0 Å². The first-order valence-corrected chi connectivity index (χ1v) is 11.6. The maximum absolute atomic E-state index is 4.70. The SMILES string of the molecule is Cc1cc(-c2cc3cccnc3c3ncccc23)cc(-c2cc3cccnc3c3ncccc23)c1. The van der Waals surface area contributed by atoms with E-state index in [2.05, 4.69) is 71.5 Å². The van der Waals surface area contributed by atoms with Gasteiger partial charge < -0.3 is 0 Å². The number of nitrogens with zero attached hydrogens (tertiary/aromatic N) is 4. The molecule has 4 heterocycles. The third-order valence-corrected chi connectivity index (χ3v) is 6.62. The monoisotopic (exact) mass is 448 g/mol. The molecule has 0 atom stereocenters. The normalized spacial score (nSPS) is 11.6. The molecule has 0 bridgehead atoms. The van der Waals surface area contributed by atoms with E-state index in [0.29, 0.717) is 0 Å². The standard InChI is InChI=1S/C31H20N4/c1-19-14-22(26-17-20-6-2-10-32-28(20)30-24(26)8-4-12-34-30)16-23(15-19)27-18-21-7-3-11-33-29(21)31-25(27)9-5-13-35-31/h2-18H,1H3. The molecule has 0 aliphatic rings. The number of aryl methyl sites for hydroxylation is 1. The van der Waals surface area contributed by atoms with E-state index in [1.807, 2.05) is 49.1 Å². The molecule has 0 aliphatic carbocycles. The van der Waals surface area contributed by atoms with Gasteiger partial charge in [-0.25, -0.2) is 0 Å². The molecule has 0 amide bonds. The van der Waals surface area contributed by atoms with Gasteiger partial charge >= 0.3 is 0 Å². The molecule has 0 saturated carbocycles. The van der Waals surface area contributed by atoms with Gasteiger partial charge in [0.05, 0.1) is 22.1 Å². The van der Waals surface area contributed by atoms with Crippen molar-refractivity contribution in [2.24, 2.45) is 0 Å². The van der Waals surface area contributed by atoms with Crippen molar-refractivity contribution in [1.82, 2.24) is 19.9 Å². The lowest BCUT2D eigenvalue weighted by Gasteiger charge is -2.14.